The molecule has 0 saturated carbocycles. The average molecular weight is 451 g/mol. The fourth-order valence-corrected chi connectivity index (χ4v) is 3.54. The van der Waals surface area contributed by atoms with E-state index in [1.807, 2.05) is 12.1 Å². The summed E-state index contributed by atoms with van der Waals surface area (Å²) in [7, 11) is 0. The molecule has 150 valence electrons. The molecule has 5 nitrogen and oxygen atoms in total. The molecule has 0 unspecified atom stereocenters. The van der Waals surface area contributed by atoms with E-state index in [-0.39, 0.29) is 11.7 Å². The third-order valence-corrected chi connectivity index (χ3v) is 5.01. The number of hydrogen-bond donors (Lipinski definition) is 1. The number of halogens is 3. The largest absolute Gasteiger partial charge is 0.347 e. The molecule has 0 aliphatic heterocycles. The van der Waals surface area contributed by atoms with Crippen molar-refractivity contribution in [1.29, 1.82) is 0 Å². The van der Waals surface area contributed by atoms with Crippen LogP contribution in [-0.2, 0) is 4.79 Å². The first-order chi connectivity index (χ1) is 13.7. The molecular weight excluding hydrogens is 433 g/mol. The third kappa shape index (κ3) is 4.47. The second kappa shape index (κ2) is 8.57. The predicted octanol–water partition coefficient (Wildman–Crippen LogP) is 5.52. The number of ketones is 1. The van der Waals surface area contributed by atoms with Crippen LogP contribution in [-0.4, -0.2) is 27.5 Å². The summed E-state index contributed by atoms with van der Waals surface area (Å²) >= 11 is 18.4. The van der Waals surface area contributed by atoms with Gasteiger partial charge in [0.25, 0.3) is 11.7 Å². The van der Waals surface area contributed by atoms with Gasteiger partial charge in [0.15, 0.2) is 0 Å². The summed E-state index contributed by atoms with van der Waals surface area (Å²) in [4.78, 5) is 25.0. The van der Waals surface area contributed by atoms with Crippen molar-refractivity contribution in [3.8, 4) is 16.9 Å². The molecule has 29 heavy (non-hydrogen) atoms. The van der Waals surface area contributed by atoms with Gasteiger partial charge in [-0.3, -0.25) is 9.59 Å². The lowest BCUT2D eigenvalue weighted by Gasteiger charge is -2.11. The van der Waals surface area contributed by atoms with Crippen molar-refractivity contribution in [2.75, 3.05) is 0 Å². The Morgan fingerprint density at radius 2 is 1.62 bits per heavy atom. The predicted molar refractivity (Wildman–Crippen MR) is 116 cm³/mol. The van der Waals surface area contributed by atoms with Crippen LogP contribution in [0.5, 0.6) is 0 Å². The summed E-state index contributed by atoms with van der Waals surface area (Å²) in [5, 5.41) is 8.46. The number of carbonyl (C=O) groups excluding carboxylic acids is 2. The molecule has 1 heterocycles. The monoisotopic (exact) mass is 449 g/mol. The number of Topliss-reactive ketones (excluding diaryl/α,β-unsaturated/α-hetero) is 1. The second-order valence-electron chi connectivity index (χ2n) is 6.79. The van der Waals surface area contributed by atoms with Crippen LogP contribution in [0.1, 0.15) is 29.9 Å². The Balaban J connectivity index is 2.22. The van der Waals surface area contributed by atoms with Crippen LogP contribution in [0.15, 0.2) is 42.5 Å². The molecule has 8 heteroatoms. The number of benzene rings is 2. The van der Waals surface area contributed by atoms with E-state index in [1.54, 1.807) is 55.8 Å². The van der Waals surface area contributed by atoms with Gasteiger partial charge in [0.05, 0.1) is 16.4 Å². The highest BCUT2D eigenvalue weighted by Crippen LogP contribution is 2.33. The quantitative estimate of drug-likeness (QED) is 0.411. The van der Waals surface area contributed by atoms with Crippen LogP contribution in [0.2, 0.25) is 15.1 Å². The third-order valence-electron chi connectivity index (χ3n) is 4.22. The number of hydrogen-bond acceptors (Lipinski definition) is 3. The highest BCUT2D eigenvalue weighted by atomic mass is 35.5. The molecule has 1 aromatic heterocycles. The normalized spacial score (nSPS) is 11.0. The van der Waals surface area contributed by atoms with Crippen molar-refractivity contribution in [3.05, 3.63) is 68.8 Å². The van der Waals surface area contributed by atoms with Gasteiger partial charge in [0.1, 0.15) is 5.69 Å². The Labute approximate surface area is 183 Å². The molecule has 0 saturated heterocycles. The van der Waals surface area contributed by atoms with Crippen LogP contribution in [0.3, 0.4) is 0 Å². The molecule has 0 bridgehead atoms. The Morgan fingerprint density at radius 1 is 1.00 bits per heavy atom. The average Bonchev–Trinajstić information content (AvgIpc) is 2.98. The smallest absolute Gasteiger partial charge is 0.294 e. The van der Waals surface area contributed by atoms with E-state index in [9.17, 15) is 9.59 Å². The van der Waals surface area contributed by atoms with Gasteiger partial charge in [-0.05, 0) is 51.1 Å². The van der Waals surface area contributed by atoms with Gasteiger partial charge in [-0.25, -0.2) is 4.68 Å². The summed E-state index contributed by atoms with van der Waals surface area (Å²) in [6.45, 7) is 5.31. The molecule has 0 aliphatic rings. The topological polar surface area (TPSA) is 64.0 Å². The van der Waals surface area contributed by atoms with E-state index in [0.717, 1.165) is 5.56 Å². The van der Waals surface area contributed by atoms with Gasteiger partial charge in [0, 0.05) is 27.2 Å². The highest BCUT2D eigenvalue weighted by molar-refractivity contribution is 6.42. The highest BCUT2D eigenvalue weighted by Gasteiger charge is 2.27. The lowest BCUT2D eigenvalue weighted by molar-refractivity contribution is -0.117. The zero-order valence-electron chi connectivity index (χ0n) is 16.0. The molecular formula is C21H18Cl3N3O2. The van der Waals surface area contributed by atoms with Crippen LogP contribution >= 0.6 is 34.8 Å². The first-order valence-corrected chi connectivity index (χ1v) is 9.98. The minimum Gasteiger partial charge on any atom is -0.347 e. The van der Waals surface area contributed by atoms with Crippen molar-refractivity contribution < 1.29 is 9.59 Å². The molecule has 1 amide bonds. The number of carbonyl (C=O) groups is 2. The van der Waals surface area contributed by atoms with Crippen molar-refractivity contribution >= 4 is 46.5 Å². The van der Waals surface area contributed by atoms with E-state index >= 15 is 0 Å². The van der Waals surface area contributed by atoms with Gasteiger partial charge >= 0.3 is 0 Å². The maximum atomic E-state index is 12.8. The lowest BCUT2D eigenvalue weighted by Crippen LogP contribution is -2.36. The van der Waals surface area contributed by atoms with E-state index < -0.39 is 11.7 Å². The molecule has 0 atom stereocenters. The molecule has 3 aromatic rings. The standard InChI is InChI=1S/C21H18Cl3N3O2/c1-11(2)25-21(29)20(28)18-12(3)19(13-4-6-14(22)7-5-13)27(26-18)17-9-8-15(23)10-16(17)24/h4-11H,1-3H3,(H,25,29). The van der Waals surface area contributed by atoms with Gasteiger partial charge in [-0.2, -0.15) is 5.10 Å². The molecule has 0 aliphatic carbocycles. The first-order valence-electron chi connectivity index (χ1n) is 8.85. The summed E-state index contributed by atoms with van der Waals surface area (Å²) in [5.74, 6) is -1.42. The second-order valence-corrected chi connectivity index (χ2v) is 8.07. The molecule has 0 fully saturated rings. The number of amides is 1. The van der Waals surface area contributed by atoms with E-state index in [2.05, 4.69) is 10.4 Å². The first kappa shape index (κ1) is 21.4. The fourth-order valence-electron chi connectivity index (χ4n) is 2.92. The molecule has 1 N–H and O–H groups in total. The lowest BCUT2D eigenvalue weighted by atomic mass is 10.0. The van der Waals surface area contributed by atoms with Gasteiger partial charge in [-0.15, -0.1) is 0 Å². The Bertz CT molecular complexity index is 1090. The van der Waals surface area contributed by atoms with E-state index in [4.69, 9.17) is 34.8 Å². The van der Waals surface area contributed by atoms with Crippen molar-refractivity contribution in [3.63, 3.8) is 0 Å². The zero-order chi connectivity index (χ0) is 21.3. The maximum Gasteiger partial charge on any atom is 0.294 e. The molecule has 0 spiro atoms. The maximum absolute atomic E-state index is 12.8. The summed E-state index contributed by atoms with van der Waals surface area (Å²) in [6, 6.07) is 11.9. The number of rotatable bonds is 5. The number of nitrogens with zero attached hydrogens (tertiary/aromatic N) is 2. The Kier molecular flexibility index (Phi) is 6.32. The number of nitrogens with one attached hydrogen (secondary N) is 1. The minimum atomic E-state index is -0.713. The van der Waals surface area contributed by atoms with Crippen LogP contribution in [0.4, 0.5) is 0 Å². The SMILES string of the molecule is Cc1c(C(=O)C(=O)NC(C)C)nn(-c2ccc(Cl)cc2Cl)c1-c1ccc(Cl)cc1. The van der Waals surface area contributed by atoms with Crippen LogP contribution in [0.25, 0.3) is 16.9 Å². The summed E-state index contributed by atoms with van der Waals surface area (Å²) < 4.78 is 1.55. The summed E-state index contributed by atoms with van der Waals surface area (Å²) in [6.07, 6.45) is 0. The van der Waals surface area contributed by atoms with Gasteiger partial charge in [-0.1, -0.05) is 46.9 Å². The molecule has 2 aromatic carbocycles. The van der Waals surface area contributed by atoms with Crippen molar-refractivity contribution in [2.24, 2.45) is 0 Å². The van der Waals surface area contributed by atoms with Crippen molar-refractivity contribution in [1.82, 2.24) is 15.1 Å². The van der Waals surface area contributed by atoms with Crippen molar-refractivity contribution in [2.45, 2.75) is 26.8 Å². The number of aromatic nitrogens is 2. The van der Waals surface area contributed by atoms with Gasteiger partial charge < -0.3 is 5.32 Å². The Hall–Kier alpha value is -2.34. The Morgan fingerprint density at radius 3 is 2.21 bits per heavy atom. The summed E-state index contributed by atoms with van der Waals surface area (Å²) in [5.41, 5.74) is 2.55. The van der Waals surface area contributed by atoms with Crippen LogP contribution in [0, 0.1) is 6.92 Å². The zero-order valence-corrected chi connectivity index (χ0v) is 18.2. The van der Waals surface area contributed by atoms with Crippen LogP contribution < -0.4 is 5.32 Å². The van der Waals surface area contributed by atoms with E-state index in [0.29, 0.717) is 32.0 Å². The van der Waals surface area contributed by atoms with E-state index in [1.165, 1.54) is 0 Å². The minimum absolute atomic E-state index is 0.0547. The fraction of sp³-hybridized carbons (Fsp3) is 0.190. The molecule has 0 radical (unpaired) electrons. The van der Waals surface area contributed by atoms with Gasteiger partial charge in [0.2, 0.25) is 0 Å². The molecule has 3 rings (SSSR count).